The number of nitrogens with zero attached hydrogens (tertiary/aromatic N) is 3. The van der Waals surface area contributed by atoms with Gasteiger partial charge in [-0.2, -0.15) is 0 Å². The summed E-state index contributed by atoms with van der Waals surface area (Å²) in [7, 11) is 0. The van der Waals surface area contributed by atoms with E-state index in [0.717, 1.165) is 36.3 Å². The fourth-order valence-corrected chi connectivity index (χ4v) is 3.56. The highest BCUT2D eigenvalue weighted by Gasteiger charge is 2.24. The molecule has 1 aliphatic rings. The Morgan fingerprint density at radius 1 is 1.52 bits per heavy atom. The van der Waals surface area contributed by atoms with Gasteiger partial charge in [0.1, 0.15) is 5.82 Å². The van der Waals surface area contributed by atoms with Gasteiger partial charge >= 0.3 is 0 Å². The zero-order valence-electron chi connectivity index (χ0n) is 13.0. The van der Waals surface area contributed by atoms with Gasteiger partial charge in [-0.05, 0) is 38.4 Å². The predicted octanol–water partition coefficient (Wildman–Crippen LogP) is 2.24. The molecule has 0 spiro atoms. The number of carbonyl (C=O) groups is 1. The first-order valence-electron chi connectivity index (χ1n) is 7.63. The van der Waals surface area contributed by atoms with Crippen molar-refractivity contribution in [2.75, 3.05) is 19.6 Å². The highest BCUT2D eigenvalue weighted by atomic mass is 32.1. The molecule has 0 unspecified atom stereocenters. The summed E-state index contributed by atoms with van der Waals surface area (Å²) in [5.41, 5.74) is 3.02. The van der Waals surface area contributed by atoms with Gasteiger partial charge in [0.05, 0.1) is 29.5 Å². The number of hydrogen-bond donors (Lipinski definition) is 1. The summed E-state index contributed by atoms with van der Waals surface area (Å²) in [6.07, 6.45) is 3.58. The number of halogens is 1. The minimum absolute atomic E-state index is 0.184. The van der Waals surface area contributed by atoms with E-state index in [0.29, 0.717) is 19.0 Å². The van der Waals surface area contributed by atoms with Crippen molar-refractivity contribution in [2.45, 2.75) is 19.9 Å². The summed E-state index contributed by atoms with van der Waals surface area (Å²) in [6.45, 7) is 4.98. The second-order valence-electron chi connectivity index (χ2n) is 5.80. The summed E-state index contributed by atoms with van der Waals surface area (Å²) in [6, 6.07) is 1.24. The van der Waals surface area contributed by atoms with Crippen LogP contribution in [0.1, 0.15) is 27.3 Å². The molecule has 1 fully saturated rings. The first-order valence-corrected chi connectivity index (χ1v) is 8.51. The Hall–Kier alpha value is -1.86. The van der Waals surface area contributed by atoms with Crippen molar-refractivity contribution in [3.8, 4) is 0 Å². The van der Waals surface area contributed by atoms with Crippen molar-refractivity contribution in [2.24, 2.45) is 5.92 Å². The van der Waals surface area contributed by atoms with E-state index in [9.17, 15) is 9.18 Å². The molecule has 5 nitrogen and oxygen atoms in total. The van der Waals surface area contributed by atoms with Gasteiger partial charge in [-0.15, -0.1) is 11.3 Å². The quantitative estimate of drug-likeness (QED) is 0.911. The third-order valence-electron chi connectivity index (χ3n) is 4.06. The van der Waals surface area contributed by atoms with E-state index in [1.54, 1.807) is 21.7 Å². The van der Waals surface area contributed by atoms with Gasteiger partial charge in [0.25, 0.3) is 5.91 Å². The fourth-order valence-electron chi connectivity index (χ4n) is 2.76. The summed E-state index contributed by atoms with van der Waals surface area (Å²) in [4.78, 5) is 23.7. The zero-order valence-corrected chi connectivity index (χ0v) is 13.8. The number of nitrogens with one attached hydrogen (secondary N) is 1. The molecule has 3 heterocycles. The van der Waals surface area contributed by atoms with Crippen molar-refractivity contribution in [3.63, 3.8) is 0 Å². The Labute approximate surface area is 138 Å². The van der Waals surface area contributed by atoms with Crippen molar-refractivity contribution in [3.05, 3.63) is 45.9 Å². The number of carbonyl (C=O) groups excluding carboxylic acids is 1. The second kappa shape index (κ2) is 7.14. The molecule has 122 valence electrons. The van der Waals surface area contributed by atoms with Crippen LogP contribution in [0.5, 0.6) is 0 Å². The van der Waals surface area contributed by atoms with Crippen LogP contribution in [0.25, 0.3) is 0 Å². The summed E-state index contributed by atoms with van der Waals surface area (Å²) in [5, 5.41) is 3.32. The molecule has 0 bridgehead atoms. The standard InChI is InChI=1S/C16H19FN4OS/c1-11-15(23-10-20-11)9-21(8-12-2-3-18-5-12)16(22)13-4-14(17)7-19-6-13/h4,6-7,10,12,18H,2-3,5,8-9H2,1H3/t12-/m1/s1. The maximum Gasteiger partial charge on any atom is 0.255 e. The second-order valence-corrected chi connectivity index (χ2v) is 6.74. The van der Waals surface area contributed by atoms with Crippen LogP contribution in [-0.2, 0) is 6.54 Å². The van der Waals surface area contributed by atoms with Crippen LogP contribution >= 0.6 is 11.3 Å². The lowest BCUT2D eigenvalue weighted by Gasteiger charge is -2.25. The third-order valence-corrected chi connectivity index (χ3v) is 4.98. The Bertz CT molecular complexity index is 684. The van der Waals surface area contributed by atoms with Crippen LogP contribution in [0.2, 0.25) is 0 Å². The smallest absolute Gasteiger partial charge is 0.255 e. The molecule has 0 aromatic carbocycles. The van der Waals surface area contributed by atoms with Gasteiger partial charge < -0.3 is 10.2 Å². The molecule has 1 saturated heterocycles. The van der Waals surface area contributed by atoms with Crippen LogP contribution in [-0.4, -0.2) is 40.4 Å². The molecule has 3 rings (SSSR count). The molecule has 7 heteroatoms. The monoisotopic (exact) mass is 334 g/mol. The van der Waals surface area contributed by atoms with Gasteiger partial charge in [-0.25, -0.2) is 9.37 Å². The molecule has 1 amide bonds. The molecule has 1 atom stereocenters. The molecule has 0 radical (unpaired) electrons. The number of aryl methyl sites for hydroxylation is 1. The fraction of sp³-hybridized carbons (Fsp3) is 0.438. The topological polar surface area (TPSA) is 58.1 Å². The zero-order chi connectivity index (χ0) is 16.2. The normalized spacial score (nSPS) is 17.4. The molecule has 2 aromatic rings. The van der Waals surface area contributed by atoms with Crippen LogP contribution in [0, 0.1) is 18.7 Å². The maximum atomic E-state index is 13.4. The minimum atomic E-state index is -0.493. The lowest BCUT2D eigenvalue weighted by molar-refractivity contribution is 0.0719. The Morgan fingerprint density at radius 2 is 2.39 bits per heavy atom. The van der Waals surface area contributed by atoms with E-state index in [2.05, 4.69) is 15.3 Å². The van der Waals surface area contributed by atoms with Gasteiger partial charge in [0.15, 0.2) is 0 Å². The van der Waals surface area contributed by atoms with Crippen molar-refractivity contribution in [1.82, 2.24) is 20.2 Å². The molecule has 0 aliphatic carbocycles. The first-order chi connectivity index (χ1) is 11.1. The van der Waals surface area contributed by atoms with E-state index < -0.39 is 5.82 Å². The van der Waals surface area contributed by atoms with Crippen molar-refractivity contribution in [1.29, 1.82) is 0 Å². The molecular weight excluding hydrogens is 315 g/mol. The average molecular weight is 334 g/mol. The van der Waals surface area contributed by atoms with Crippen LogP contribution in [0.4, 0.5) is 4.39 Å². The number of pyridine rings is 1. The number of amides is 1. The van der Waals surface area contributed by atoms with Crippen LogP contribution in [0.15, 0.2) is 24.0 Å². The van der Waals surface area contributed by atoms with E-state index in [4.69, 9.17) is 0 Å². The Morgan fingerprint density at radius 3 is 3.04 bits per heavy atom. The van der Waals surface area contributed by atoms with E-state index in [-0.39, 0.29) is 11.5 Å². The number of thiazole rings is 1. The highest BCUT2D eigenvalue weighted by molar-refractivity contribution is 7.09. The van der Waals surface area contributed by atoms with E-state index in [1.165, 1.54) is 12.3 Å². The molecule has 1 aliphatic heterocycles. The summed E-state index contributed by atoms with van der Waals surface area (Å²) in [5.74, 6) is -0.252. The SMILES string of the molecule is Cc1ncsc1CN(C[C@@H]1CCNC1)C(=O)c1cncc(F)c1. The highest BCUT2D eigenvalue weighted by Crippen LogP contribution is 2.20. The van der Waals surface area contributed by atoms with Crippen LogP contribution < -0.4 is 5.32 Å². The largest absolute Gasteiger partial charge is 0.333 e. The van der Waals surface area contributed by atoms with Gasteiger partial charge in [-0.3, -0.25) is 9.78 Å². The summed E-state index contributed by atoms with van der Waals surface area (Å²) < 4.78 is 13.4. The number of hydrogen-bond acceptors (Lipinski definition) is 5. The van der Waals surface area contributed by atoms with Gasteiger partial charge in [0, 0.05) is 17.6 Å². The van der Waals surface area contributed by atoms with Gasteiger partial charge in [-0.1, -0.05) is 0 Å². The molecule has 23 heavy (non-hydrogen) atoms. The number of aromatic nitrogens is 2. The van der Waals surface area contributed by atoms with Gasteiger partial charge in [0.2, 0.25) is 0 Å². The average Bonchev–Trinajstić information content (AvgIpc) is 3.18. The third kappa shape index (κ3) is 3.92. The molecular formula is C16H19FN4OS. The molecule has 2 aromatic heterocycles. The Kier molecular flexibility index (Phi) is 4.97. The number of rotatable bonds is 5. The first kappa shape index (κ1) is 16.0. The Balaban J connectivity index is 1.81. The van der Waals surface area contributed by atoms with E-state index in [1.807, 2.05) is 6.92 Å². The van der Waals surface area contributed by atoms with Crippen molar-refractivity contribution >= 4 is 17.2 Å². The van der Waals surface area contributed by atoms with E-state index >= 15 is 0 Å². The van der Waals surface area contributed by atoms with Crippen LogP contribution in [0.3, 0.4) is 0 Å². The maximum absolute atomic E-state index is 13.4. The predicted molar refractivity (Wildman–Crippen MR) is 86.8 cm³/mol. The molecule has 1 N–H and O–H groups in total. The lowest BCUT2D eigenvalue weighted by Crippen LogP contribution is -2.35. The minimum Gasteiger partial charge on any atom is -0.333 e. The summed E-state index contributed by atoms with van der Waals surface area (Å²) >= 11 is 1.54. The molecule has 0 saturated carbocycles. The van der Waals surface area contributed by atoms with Crippen molar-refractivity contribution < 1.29 is 9.18 Å². The lowest BCUT2D eigenvalue weighted by atomic mass is 10.1.